The van der Waals surface area contributed by atoms with E-state index < -0.39 is 18.0 Å². The molecule has 3 aromatic rings. The molecule has 1 aliphatic heterocycles. The van der Waals surface area contributed by atoms with Crippen LogP contribution in [-0.2, 0) is 9.59 Å². The van der Waals surface area contributed by atoms with Crippen molar-refractivity contribution < 1.29 is 19.2 Å². The highest BCUT2D eigenvalue weighted by molar-refractivity contribution is 5.92. The maximum Gasteiger partial charge on any atom is 0.243 e. The first-order valence-corrected chi connectivity index (χ1v) is 12.0. The molecule has 9 nitrogen and oxygen atoms in total. The number of aliphatic hydroxyl groups excluding tert-OH is 1. The summed E-state index contributed by atoms with van der Waals surface area (Å²) < 4.78 is 5.35. The van der Waals surface area contributed by atoms with Gasteiger partial charge in [0.2, 0.25) is 11.8 Å². The van der Waals surface area contributed by atoms with Crippen LogP contribution in [0.25, 0.3) is 11.3 Å². The van der Waals surface area contributed by atoms with E-state index in [0.717, 1.165) is 22.4 Å². The fourth-order valence-corrected chi connectivity index (χ4v) is 4.64. The summed E-state index contributed by atoms with van der Waals surface area (Å²) in [5.74, 6) is -0.819. The van der Waals surface area contributed by atoms with Crippen molar-refractivity contribution in [1.82, 2.24) is 25.3 Å². The van der Waals surface area contributed by atoms with E-state index >= 15 is 0 Å². The van der Waals surface area contributed by atoms with Crippen LogP contribution in [0, 0.1) is 13.8 Å². The van der Waals surface area contributed by atoms with E-state index in [1.807, 2.05) is 31.2 Å². The number of hydrogen-bond donors (Lipinski definition) is 2. The van der Waals surface area contributed by atoms with E-state index in [-0.39, 0.29) is 18.4 Å². The first-order chi connectivity index (χ1) is 17.3. The summed E-state index contributed by atoms with van der Waals surface area (Å²) in [5.41, 5.74) is 4.75. The third-order valence-electron chi connectivity index (χ3n) is 6.49. The second kappa shape index (κ2) is 10.8. The Hall–Kier alpha value is -3.85. The van der Waals surface area contributed by atoms with Gasteiger partial charge in [-0.3, -0.25) is 9.59 Å². The lowest BCUT2D eigenvalue weighted by Gasteiger charge is -2.29. The predicted molar refractivity (Wildman–Crippen MR) is 134 cm³/mol. The van der Waals surface area contributed by atoms with Crippen molar-refractivity contribution in [3.8, 4) is 11.3 Å². The van der Waals surface area contributed by atoms with Crippen LogP contribution < -0.4 is 5.32 Å². The molecule has 2 N–H and O–H groups in total. The van der Waals surface area contributed by atoms with Crippen molar-refractivity contribution in [2.45, 2.75) is 51.6 Å². The summed E-state index contributed by atoms with van der Waals surface area (Å²) in [6, 6.07) is 8.00. The minimum Gasteiger partial charge on any atom is -0.394 e. The number of aryl methyl sites for hydroxylation is 2. The van der Waals surface area contributed by atoms with Crippen molar-refractivity contribution in [1.29, 1.82) is 0 Å². The zero-order valence-electron chi connectivity index (χ0n) is 20.8. The molecule has 1 saturated heterocycles. The molecular formula is C27H31N5O4. The van der Waals surface area contributed by atoms with Gasteiger partial charge in [0, 0.05) is 24.4 Å². The molecule has 0 aliphatic carbocycles. The zero-order chi connectivity index (χ0) is 25.8. The average molecular weight is 490 g/mol. The molecule has 3 heterocycles. The Morgan fingerprint density at radius 2 is 2.03 bits per heavy atom. The Labute approximate surface area is 210 Å². The Bertz CT molecular complexity index is 1250. The molecule has 2 aromatic heterocycles. The molecule has 0 saturated carbocycles. The topological polar surface area (TPSA) is 121 Å². The maximum absolute atomic E-state index is 13.5. The lowest BCUT2D eigenvalue weighted by atomic mass is 9.96. The second-order valence-corrected chi connectivity index (χ2v) is 9.26. The lowest BCUT2D eigenvalue weighted by molar-refractivity contribution is -0.139. The number of likely N-dealkylation sites (tertiary alicyclic amines) is 1. The van der Waals surface area contributed by atoms with Crippen molar-refractivity contribution in [3.05, 3.63) is 77.6 Å². The number of rotatable bonds is 8. The molecule has 0 spiro atoms. The van der Waals surface area contributed by atoms with E-state index in [4.69, 9.17) is 4.52 Å². The van der Waals surface area contributed by atoms with Gasteiger partial charge in [-0.25, -0.2) is 9.97 Å². The van der Waals surface area contributed by atoms with Crippen LogP contribution in [-0.4, -0.2) is 56.1 Å². The third kappa shape index (κ3) is 5.21. The minimum absolute atomic E-state index is 0.235. The van der Waals surface area contributed by atoms with E-state index in [1.165, 1.54) is 6.33 Å². The first kappa shape index (κ1) is 25.2. The number of carbonyl (C=O) groups is 2. The summed E-state index contributed by atoms with van der Waals surface area (Å²) in [6.07, 6.45) is 4.51. The number of nitrogens with zero attached hydrogens (tertiary/aromatic N) is 4. The van der Waals surface area contributed by atoms with Gasteiger partial charge in [0.05, 0.1) is 24.0 Å². The number of carbonyl (C=O) groups excluding carboxylic acids is 2. The molecule has 1 aromatic carbocycles. The smallest absolute Gasteiger partial charge is 0.243 e. The molecule has 0 bridgehead atoms. The maximum atomic E-state index is 13.5. The number of amides is 2. The second-order valence-electron chi connectivity index (χ2n) is 9.26. The number of benzene rings is 1. The number of aromatic nitrogens is 3. The monoisotopic (exact) mass is 489 g/mol. The molecule has 0 unspecified atom stereocenters. The van der Waals surface area contributed by atoms with Crippen LogP contribution in [0.5, 0.6) is 0 Å². The summed E-state index contributed by atoms with van der Waals surface area (Å²) >= 11 is 0. The SMILES string of the molecule is C=C(C)[C@@H](C(=O)N1CCC[C@H]1C(=O)N[C@@H](CO)c1ccc(-c2ncncc2C)cc1)c1cc(C)no1. The van der Waals surface area contributed by atoms with E-state index in [9.17, 15) is 14.7 Å². The van der Waals surface area contributed by atoms with Gasteiger partial charge >= 0.3 is 0 Å². The molecule has 2 amide bonds. The van der Waals surface area contributed by atoms with Crippen molar-refractivity contribution in [2.24, 2.45) is 0 Å². The van der Waals surface area contributed by atoms with E-state index in [1.54, 1.807) is 31.0 Å². The van der Waals surface area contributed by atoms with Gasteiger partial charge in [-0.1, -0.05) is 41.6 Å². The Morgan fingerprint density at radius 3 is 2.64 bits per heavy atom. The fraction of sp³-hybridized carbons (Fsp3) is 0.370. The van der Waals surface area contributed by atoms with Gasteiger partial charge in [-0.15, -0.1) is 0 Å². The molecule has 188 valence electrons. The van der Waals surface area contributed by atoms with Gasteiger partial charge in [-0.05, 0) is 44.7 Å². The van der Waals surface area contributed by atoms with Crippen molar-refractivity contribution in [2.75, 3.05) is 13.2 Å². The molecule has 1 fully saturated rings. The summed E-state index contributed by atoms with van der Waals surface area (Å²) in [7, 11) is 0. The number of aliphatic hydroxyl groups is 1. The first-order valence-electron chi connectivity index (χ1n) is 12.0. The van der Waals surface area contributed by atoms with Gasteiger partial charge in [0.25, 0.3) is 0 Å². The largest absolute Gasteiger partial charge is 0.394 e. The van der Waals surface area contributed by atoms with Crippen LogP contribution in [0.15, 0.2) is 59.5 Å². The highest BCUT2D eigenvalue weighted by Gasteiger charge is 2.39. The van der Waals surface area contributed by atoms with Crippen molar-refractivity contribution in [3.63, 3.8) is 0 Å². The zero-order valence-corrected chi connectivity index (χ0v) is 20.8. The molecular weight excluding hydrogens is 458 g/mol. The van der Waals surface area contributed by atoms with Crippen LogP contribution in [0.2, 0.25) is 0 Å². The van der Waals surface area contributed by atoms with Gasteiger partial charge in [0.15, 0.2) is 5.76 Å². The fourth-order valence-electron chi connectivity index (χ4n) is 4.64. The molecule has 3 atom stereocenters. The molecule has 4 rings (SSSR count). The predicted octanol–water partition coefficient (Wildman–Crippen LogP) is 3.25. The van der Waals surface area contributed by atoms with E-state index in [2.05, 4.69) is 27.0 Å². The van der Waals surface area contributed by atoms with Crippen LogP contribution in [0.3, 0.4) is 0 Å². The van der Waals surface area contributed by atoms with Crippen molar-refractivity contribution >= 4 is 11.8 Å². The molecule has 36 heavy (non-hydrogen) atoms. The highest BCUT2D eigenvalue weighted by Crippen LogP contribution is 2.30. The Morgan fingerprint density at radius 1 is 1.28 bits per heavy atom. The van der Waals surface area contributed by atoms with Gasteiger partial charge < -0.3 is 19.8 Å². The van der Waals surface area contributed by atoms with Gasteiger partial charge in [0.1, 0.15) is 18.3 Å². The summed E-state index contributed by atoms with van der Waals surface area (Å²) in [6.45, 7) is 9.64. The Kier molecular flexibility index (Phi) is 7.59. The molecule has 1 aliphatic rings. The quantitative estimate of drug-likeness (QED) is 0.466. The van der Waals surface area contributed by atoms with Gasteiger partial charge in [-0.2, -0.15) is 0 Å². The molecule has 9 heteroatoms. The number of nitrogens with one attached hydrogen (secondary N) is 1. The minimum atomic E-state index is -0.703. The normalized spacial score (nSPS) is 17.0. The molecule has 0 radical (unpaired) electrons. The Balaban J connectivity index is 1.48. The van der Waals surface area contributed by atoms with Crippen LogP contribution in [0.1, 0.15) is 54.3 Å². The van der Waals surface area contributed by atoms with Crippen LogP contribution in [0.4, 0.5) is 0 Å². The summed E-state index contributed by atoms with van der Waals surface area (Å²) in [5, 5.41) is 16.9. The number of hydrogen-bond acceptors (Lipinski definition) is 7. The summed E-state index contributed by atoms with van der Waals surface area (Å²) in [4.78, 5) is 36.7. The standard InChI is InChI=1S/C27H31N5O4/c1-16(2)24(23-12-18(4)31-36-23)27(35)32-11-5-6-22(32)26(34)30-21(14-33)19-7-9-20(10-8-19)25-17(3)13-28-15-29-25/h7-10,12-13,15,21-22,24,33H,1,5-6,11,14H2,2-4H3,(H,30,34)/t21-,22-,24+/m0/s1. The lowest BCUT2D eigenvalue weighted by Crippen LogP contribution is -2.48. The average Bonchev–Trinajstić information content (AvgIpc) is 3.52. The highest BCUT2D eigenvalue weighted by atomic mass is 16.5. The van der Waals surface area contributed by atoms with E-state index in [0.29, 0.717) is 36.4 Å². The third-order valence-corrected chi connectivity index (χ3v) is 6.49. The van der Waals surface area contributed by atoms with Crippen LogP contribution >= 0.6 is 0 Å².